The number of carbonyl (C=O) groups excluding carboxylic acids is 1. The molecule has 4 heteroatoms. The molecular formula is C12H15FO3. The van der Waals surface area contributed by atoms with Crippen LogP contribution in [0.5, 0.6) is 0 Å². The number of hydrogen-bond acceptors (Lipinski definition) is 3. The zero-order chi connectivity index (χ0) is 12.3. The maximum Gasteiger partial charge on any atom is 0.311 e. The standard InChI is InChI=1S/C12H15FO3/c1-8(11(14)16-3)12(2,15)9-4-6-10(13)7-5-9/h4-8,15H,1-3H3/t8-,12+/m1/s1. The molecule has 0 aliphatic heterocycles. The molecule has 0 amide bonds. The molecule has 88 valence electrons. The van der Waals surface area contributed by atoms with Gasteiger partial charge in [0.1, 0.15) is 5.82 Å². The monoisotopic (exact) mass is 226 g/mol. The Hall–Kier alpha value is -1.42. The van der Waals surface area contributed by atoms with Gasteiger partial charge in [-0.25, -0.2) is 4.39 Å². The summed E-state index contributed by atoms with van der Waals surface area (Å²) in [4.78, 5) is 11.3. The highest BCUT2D eigenvalue weighted by Crippen LogP contribution is 2.29. The van der Waals surface area contributed by atoms with E-state index in [4.69, 9.17) is 0 Å². The van der Waals surface area contributed by atoms with E-state index >= 15 is 0 Å². The van der Waals surface area contributed by atoms with Crippen LogP contribution in [0.3, 0.4) is 0 Å². The number of esters is 1. The van der Waals surface area contributed by atoms with Gasteiger partial charge in [-0.2, -0.15) is 0 Å². The molecule has 0 radical (unpaired) electrons. The Morgan fingerprint density at radius 2 is 1.94 bits per heavy atom. The Balaban J connectivity index is 3.01. The van der Waals surface area contributed by atoms with E-state index in [1.807, 2.05) is 0 Å². The van der Waals surface area contributed by atoms with Gasteiger partial charge in [-0.15, -0.1) is 0 Å². The van der Waals surface area contributed by atoms with Crippen molar-refractivity contribution in [3.8, 4) is 0 Å². The first-order valence-electron chi connectivity index (χ1n) is 4.96. The molecule has 1 N–H and O–H groups in total. The van der Waals surface area contributed by atoms with Crippen LogP contribution in [-0.4, -0.2) is 18.2 Å². The molecule has 3 nitrogen and oxygen atoms in total. The summed E-state index contributed by atoms with van der Waals surface area (Å²) in [7, 11) is 1.26. The Kier molecular flexibility index (Phi) is 3.65. The molecule has 0 spiro atoms. The average Bonchev–Trinajstić information content (AvgIpc) is 2.27. The number of benzene rings is 1. The molecule has 1 aromatic rings. The van der Waals surface area contributed by atoms with Gasteiger partial charge in [0.2, 0.25) is 0 Å². The van der Waals surface area contributed by atoms with E-state index in [0.29, 0.717) is 5.56 Å². The second-order valence-electron chi connectivity index (χ2n) is 3.90. The first-order valence-corrected chi connectivity index (χ1v) is 4.96. The Bertz CT molecular complexity index is 370. The minimum absolute atomic E-state index is 0.384. The summed E-state index contributed by atoms with van der Waals surface area (Å²) in [6, 6.07) is 5.39. The summed E-state index contributed by atoms with van der Waals surface area (Å²) in [5.74, 6) is -1.61. The van der Waals surface area contributed by atoms with Gasteiger partial charge in [-0.1, -0.05) is 12.1 Å². The fraction of sp³-hybridized carbons (Fsp3) is 0.417. The van der Waals surface area contributed by atoms with Crippen LogP contribution in [0.25, 0.3) is 0 Å². The number of methoxy groups -OCH3 is 1. The van der Waals surface area contributed by atoms with E-state index < -0.39 is 17.5 Å². The SMILES string of the molecule is COC(=O)[C@@H](C)[C@](C)(O)c1ccc(F)cc1. The van der Waals surface area contributed by atoms with Crippen LogP contribution in [0.2, 0.25) is 0 Å². The van der Waals surface area contributed by atoms with Crippen molar-refractivity contribution in [3.63, 3.8) is 0 Å². The van der Waals surface area contributed by atoms with E-state index in [2.05, 4.69) is 4.74 Å². The van der Waals surface area contributed by atoms with E-state index in [0.717, 1.165) is 0 Å². The topological polar surface area (TPSA) is 46.5 Å². The fourth-order valence-corrected chi connectivity index (χ4v) is 1.44. The highest BCUT2D eigenvalue weighted by Gasteiger charge is 2.36. The third kappa shape index (κ3) is 2.39. The van der Waals surface area contributed by atoms with Crippen molar-refractivity contribution in [1.82, 2.24) is 0 Å². The maximum absolute atomic E-state index is 12.7. The molecule has 0 unspecified atom stereocenters. The first-order chi connectivity index (χ1) is 7.39. The van der Waals surface area contributed by atoms with Crippen molar-refractivity contribution < 1.29 is 19.0 Å². The van der Waals surface area contributed by atoms with Crippen LogP contribution in [0.1, 0.15) is 19.4 Å². The number of hydrogen-bond donors (Lipinski definition) is 1. The van der Waals surface area contributed by atoms with Crippen molar-refractivity contribution in [2.24, 2.45) is 5.92 Å². The van der Waals surface area contributed by atoms with Crippen LogP contribution in [0.4, 0.5) is 4.39 Å². The normalized spacial score (nSPS) is 16.3. The smallest absolute Gasteiger partial charge is 0.311 e. The lowest BCUT2D eigenvalue weighted by atomic mass is 9.84. The predicted molar refractivity (Wildman–Crippen MR) is 57.2 cm³/mol. The molecule has 0 aliphatic carbocycles. The largest absolute Gasteiger partial charge is 0.469 e. The van der Waals surface area contributed by atoms with Crippen LogP contribution in [-0.2, 0) is 15.1 Å². The number of rotatable bonds is 3. The van der Waals surface area contributed by atoms with E-state index in [1.54, 1.807) is 6.92 Å². The molecule has 0 saturated heterocycles. The van der Waals surface area contributed by atoms with Gasteiger partial charge in [0.25, 0.3) is 0 Å². The van der Waals surface area contributed by atoms with Crippen molar-refractivity contribution in [3.05, 3.63) is 35.6 Å². The molecule has 0 saturated carbocycles. The van der Waals surface area contributed by atoms with Crippen LogP contribution in [0, 0.1) is 11.7 Å². The molecule has 1 aromatic carbocycles. The van der Waals surface area contributed by atoms with Crippen molar-refractivity contribution >= 4 is 5.97 Å². The zero-order valence-electron chi connectivity index (χ0n) is 9.53. The summed E-state index contributed by atoms with van der Waals surface area (Å²) >= 11 is 0. The molecule has 16 heavy (non-hydrogen) atoms. The Morgan fingerprint density at radius 3 is 2.38 bits per heavy atom. The van der Waals surface area contributed by atoms with Crippen molar-refractivity contribution in [2.45, 2.75) is 19.4 Å². The summed E-state index contributed by atoms with van der Waals surface area (Å²) in [6.07, 6.45) is 0. The quantitative estimate of drug-likeness (QED) is 0.800. The average molecular weight is 226 g/mol. The highest BCUT2D eigenvalue weighted by molar-refractivity contribution is 5.73. The van der Waals surface area contributed by atoms with Gasteiger partial charge in [0.15, 0.2) is 0 Å². The van der Waals surface area contributed by atoms with Crippen LogP contribution < -0.4 is 0 Å². The summed E-state index contributed by atoms with van der Waals surface area (Å²) in [5.41, 5.74) is -0.896. The summed E-state index contributed by atoms with van der Waals surface area (Å²) in [5, 5.41) is 10.2. The molecule has 0 fully saturated rings. The lowest BCUT2D eigenvalue weighted by Gasteiger charge is -2.28. The van der Waals surface area contributed by atoms with E-state index in [1.165, 1.54) is 38.3 Å². The lowest BCUT2D eigenvalue weighted by molar-refractivity contribution is -0.154. The zero-order valence-corrected chi connectivity index (χ0v) is 9.53. The molecule has 0 bridgehead atoms. The van der Waals surface area contributed by atoms with Crippen LogP contribution in [0.15, 0.2) is 24.3 Å². The van der Waals surface area contributed by atoms with Gasteiger partial charge in [-0.3, -0.25) is 4.79 Å². The van der Waals surface area contributed by atoms with Crippen LogP contribution >= 0.6 is 0 Å². The number of halogens is 1. The minimum Gasteiger partial charge on any atom is -0.469 e. The first kappa shape index (κ1) is 12.6. The molecule has 1 rings (SSSR count). The molecule has 2 atom stereocenters. The van der Waals surface area contributed by atoms with Gasteiger partial charge in [0.05, 0.1) is 18.6 Å². The predicted octanol–water partition coefficient (Wildman–Crippen LogP) is 1.84. The summed E-state index contributed by atoms with van der Waals surface area (Å²) < 4.78 is 17.3. The molecular weight excluding hydrogens is 211 g/mol. The van der Waals surface area contributed by atoms with Gasteiger partial charge >= 0.3 is 5.97 Å². The molecule has 0 aliphatic rings. The number of ether oxygens (including phenoxy) is 1. The minimum atomic E-state index is -1.37. The molecule has 0 heterocycles. The molecule has 0 aromatic heterocycles. The lowest BCUT2D eigenvalue weighted by Crippen LogP contribution is -2.35. The third-order valence-corrected chi connectivity index (χ3v) is 2.83. The third-order valence-electron chi connectivity index (χ3n) is 2.83. The van der Waals surface area contributed by atoms with Gasteiger partial charge in [0, 0.05) is 0 Å². The second-order valence-corrected chi connectivity index (χ2v) is 3.90. The van der Waals surface area contributed by atoms with Gasteiger partial charge in [-0.05, 0) is 31.5 Å². The fourth-order valence-electron chi connectivity index (χ4n) is 1.44. The van der Waals surface area contributed by atoms with Gasteiger partial charge < -0.3 is 9.84 Å². The summed E-state index contributed by atoms with van der Waals surface area (Å²) in [6.45, 7) is 3.07. The Labute approximate surface area is 93.9 Å². The van der Waals surface area contributed by atoms with Crippen molar-refractivity contribution in [2.75, 3.05) is 7.11 Å². The maximum atomic E-state index is 12.7. The second kappa shape index (κ2) is 4.61. The number of carbonyl (C=O) groups is 1. The Morgan fingerprint density at radius 1 is 1.44 bits per heavy atom. The van der Waals surface area contributed by atoms with Crippen molar-refractivity contribution in [1.29, 1.82) is 0 Å². The van der Waals surface area contributed by atoms with E-state index in [9.17, 15) is 14.3 Å². The highest BCUT2D eigenvalue weighted by atomic mass is 19.1. The number of aliphatic hydroxyl groups is 1. The van der Waals surface area contributed by atoms with E-state index in [-0.39, 0.29) is 5.82 Å².